The van der Waals surface area contributed by atoms with Gasteiger partial charge in [0.15, 0.2) is 0 Å². The summed E-state index contributed by atoms with van der Waals surface area (Å²) in [5.74, 6) is 0. The van der Waals surface area contributed by atoms with Gasteiger partial charge in [-0.1, -0.05) is 41.6 Å². The van der Waals surface area contributed by atoms with Crippen LogP contribution in [0.15, 0.2) is 52.3 Å². The fraction of sp³-hybridized carbons (Fsp3) is 0.400. The molecule has 2 aliphatic heterocycles. The van der Waals surface area contributed by atoms with Crippen LogP contribution in [0.2, 0.25) is 5.02 Å². The minimum Gasteiger partial charge on any atom is -0.412 e. The van der Waals surface area contributed by atoms with E-state index in [4.69, 9.17) is 20.7 Å². The highest BCUT2D eigenvalue weighted by Gasteiger charge is 2.28. The van der Waals surface area contributed by atoms with Gasteiger partial charge < -0.3 is 10.8 Å². The summed E-state index contributed by atoms with van der Waals surface area (Å²) in [5, 5.41) is 4.29. The Morgan fingerprint density at radius 3 is 2.09 bits per heavy atom. The lowest BCUT2D eigenvalue weighted by Crippen LogP contribution is -2.45. The van der Waals surface area contributed by atoms with Gasteiger partial charge in [-0.15, -0.1) is 0 Å². The lowest BCUT2D eigenvalue weighted by Gasteiger charge is -2.35. The molecule has 9 nitrogen and oxygen atoms in total. The Morgan fingerprint density at radius 1 is 0.970 bits per heavy atom. The first-order valence-electron chi connectivity index (χ1n) is 9.66. The number of rotatable bonds is 1. The number of nitrogens with one attached hydrogen (secondary N) is 1. The van der Waals surface area contributed by atoms with E-state index in [0.29, 0.717) is 18.6 Å². The van der Waals surface area contributed by atoms with E-state index < -0.39 is 20.2 Å². The van der Waals surface area contributed by atoms with Gasteiger partial charge in [-0.05, 0) is 41.8 Å². The van der Waals surface area contributed by atoms with Gasteiger partial charge in [-0.2, -0.15) is 16.8 Å². The van der Waals surface area contributed by atoms with Crippen molar-refractivity contribution in [3.63, 3.8) is 0 Å². The molecule has 2 aromatic rings. The molecule has 5 N–H and O–H groups in total. The Hall–Kier alpha value is -1.22. The van der Waals surface area contributed by atoms with Crippen LogP contribution in [-0.4, -0.2) is 75.0 Å². The molecular formula is C20H29ClN2O7S3. The van der Waals surface area contributed by atoms with Crippen molar-refractivity contribution < 1.29 is 31.4 Å². The third kappa shape index (κ3) is 11.7. The summed E-state index contributed by atoms with van der Waals surface area (Å²) in [4.78, 5) is 5.34. The lowest BCUT2D eigenvalue weighted by atomic mass is 9.97. The van der Waals surface area contributed by atoms with E-state index in [0.717, 1.165) is 37.6 Å². The first-order valence-corrected chi connectivity index (χ1v) is 14.6. The van der Waals surface area contributed by atoms with Crippen molar-refractivity contribution in [2.24, 2.45) is 0 Å². The van der Waals surface area contributed by atoms with Crippen molar-refractivity contribution in [2.45, 2.75) is 22.3 Å². The zero-order chi connectivity index (χ0) is 23.9. The summed E-state index contributed by atoms with van der Waals surface area (Å²) in [5.41, 5.74) is 2.83. The molecule has 0 saturated carbocycles. The molecule has 0 aliphatic carbocycles. The second kappa shape index (κ2) is 13.0. The predicted molar refractivity (Wildman–Crippen MR) is 131 cm³/mol. The number of hydrogen-bond donors (Lipinski definition) is 3. The van der Waals surface area contributed by atoms with Crippen molar-refractivity contribution in [1.82, 2.24) is 10.2 Å². The third-order valence-corrected chi connectivity index (χ3v) is 5.97. The molecule has 1 atom stereocenters. The van der Waals surface area contributed by atoms with Crippen LogP contribution in [0, 0.1) is 0 Å². The quantitative estimate of drug-likeness (QED) is 0.461. The van der Waals surface area contributed by atoms with Crippen LogP contribution in [0.3, 0.4) is 0 Å². The van der Waals surface area contributed by atoms with Crippen LogP contribution in [0.1, 0.15) is 17.2 Å². The Labute approximate surface area is 204 Å². The van der Waals surface area contributed by atoms with E-state index in [1.165, 1.54) is 20.9 Å². The molecule has 0 bridgehead atoms. The Balaban J connectivity index is 0.000000422. The summed E-state index contributed by atoms with van der Waals surface area (Å²) in [6.45, 7) is 4.38. The number of hydrogen-bond acceptors (Lipinski definition) is 7. The molecule has 1 fully saturated rings. The van der Waals surface area contributed by atoms with Crippen LogP contribution in [-0.2, 0) is 26.7 Å². The van der Waals surface area contributed by atoms with Crippen LogP contribution < -0.4 is 5.32 Å². The molecule has 4 rings (SSSR count). The van der Waals surface area contributed by atoms with E-state index in [1.54, 1.807) is 0 Å². The van der Waals surface area contributed by atoms with Crippen molar-refractivity contribution >= 4 is 43.6 Å². The minimum absolute atomic E-state index is 0. The average Bonchev–Trinajstić information content (AvgIpc) is 2.82. The predicted octanol–water partition coefficient (Wildman–Crippen LogP) is 2.18. The maximum absolute atomic E-state index is 9.19. The Morgan fingerprint density at radius 2 is 1.52 bits per heavy atom. The topological polar surface area (TPSA) is 156 Å². The van der Waals surface area contributed by atoms with Gasteiger partial charge in [-0.25, -0.2) is 0 Å². The first kappa shape index (κ1) is 29.8. The van der Waals surface area contributed by atoms with Gasteiger partial charge in [0.05, 0.1) is 12.5 Å². The SMILES string of the molecule is CS(=O)(=O)O.CS(=O)(=O)O.Clc1ccc2c(c1)CC(N1CCNCC1)c1ccccc1S2.O. The first-order chi connectivity index (χ1) is 14.8. The second-order valence-corrected chi connectivity index (χ2v) is 11.8. The van der Waals surface area contributed by atoms with Crippen LogP contribution >= 0.6 is 23.4 Å². The minimum atomic E-state index is -3.67. The molecule has 2 aliphatic rings. The standard InChI is InChI=1S/C18H19ClN2S.2CH4O3S.H2O/c19-14-5-6-17-13(11-14)12-16(21-9-7-20-8-10-21)15-3-1-2-4-18(15)22-17;2*1-5(2,3)4;/h1-6,11,16,20H,7-10,12H2;2*1H3,(H,2,3,4);1H2. The van der Waals surface area contributed by atoms with Gasteiger partial charge in [0.25, 0.3) is 20.2 Å². The molecule has 0 aromatic heterocycles. The van der Waals surface area contributed by atoms with Gasteiger partial charge in [0.1, 0.15) is 0 Å². The Kier molecular flexibility index (Phi) is 11.8. The number of benzene rings is 2. The average molecular weight is 541 g/mol. The maximum Gasteiger partial charge on any atom is 0.261 e. The lowest BCUT2D eigenvalue weighted by molar-refractivity contribution is 0.170. The van der Waals surface area contributed by atoms with Gasteiger partial charge >= 0.3 is 0 Å². The summed E-state index contributed by atoms with van der Waals surface area (Å²) in [6, 6.07) is 15.6. The van der Waals surface area contributed by atoms with E-state index in [9.17, 15) is 16.8 Å². The number of piperazine rings is 1. The molecule has 2 heterocycles. The van der Waals surface area contributed by atoms with E-state index in [-0.39, 0.29) is 5.48 Å². The molecule has 2 aromatic carbocycles. The molecule has 0 spiro atoms. The smallest absolute Gasteiger partial charge is 0.261 e. The summed E-state index contributed by atoms with van der Waals surface area (Å²) >= 11 is 8.12. The van der Waals surface area contributed by atoms with Gasteiger partial charge in [0, 0.05) is 47.0 Å². The highest BCUT2D eigenvalue weighted by molar-refractivity contribution is 7.99. The monoisotopic (exact) mass is 540 g/mol. The normalized spacial score (nSPS) is 18.0. The molecule has 13 heteroatoms. The fourth-order valence-electron chi connectivity index (χ4n) is 3.41. The van der Waals surface area contributed by atoms with Crippen LogP contribution in [0.4, 0.5) is 0 Å². The highest BCUT2D eigenvalue weighted by atomic mass is 35.5. The van der Waals surface area contributed by atoms with E-state index in [2.05, 4.69) is 46.6 Å². The van der Waals surface area contributed by atoms with Crippen molar-refractivity contribution in [3.05, 3.63) is 58.6 Å². The molecule has 0 radical (unpaired) electrons. The highest BCUT2D eigenvalue weighted by Crippen LogP contribution is 2.43. The van der Waals surface area contributed by atoms with Crippen LogP contribution in [0.5, 0.6) is 0 Å². The zero-order valence-electron chi connectivity index (χ0n) is 18.2. The largest absolute Gasteiger partial charge is 0.412 e. The molecule has 1 unspecified atom stereocenters. The maximum atomic E-state index is 9.19. The number of halogens is 1. The third-order valence-electron chi connectivity index (χ3n) is 4.53. The number of nitrogens with zero attached hydrogens (tertiary/aromatic N) is 1. The fourth-order valence-corrected chi connectivity index (χ4v) is 4.72. The molecule has 1 saturated heterocycles. The van der Waals surface area contributed by atoms with Crippen molar-refractivity contribution in [2.75, 3.05) is 38.7 Å². The summed E-state index contributed by atoms with van der Waals surface area (Å²) in [6.07, 6.45) is 2.47. The molecule has 0 amide bonds. The zero-order valence-corrected chi connectivity index (χ0v) is 21.4. The molecular weight excluding hydrogens is 512 g/mol. The van der Waals surface area contributed by atoms with E-state index in [1.807, 2.05) is 17.8 Å². The van der Waals surface area contributed by atoms with Gasteiger partial charge in [-0.3, -0.25) is 14.0 Å². The van der Waals surface area contributed by atoms with Crippen molar-refractivity contribution in [1.29, 1.82) is 0 Å². The number of fused-ring (bicyclic) bond motifs is 2. The summed E-state index contributed by atoms with van der Waals surface area (Å²) in [7, 11) is -7.33. The van der Waals surface area contributed by atoms with Crippen molar-refractivity contribution in [3.8, 4) is 0 Å². The summed E-state index contributed by atoms with van der Waals surface area (Å²) < 4.78 is 51.7. The van der Waals surface area contributed by atoms with Crippen LogP contribution in [0.25, 0.3) is 0 Å². The Bertz CT molecular complexity index is 1080. The molecule has 33 heavy (non-hydrogen) atoms. The second-order valence-electron chi connectivity index (χ2n) is 7.36. The van der Waals surface area contributed by atoms with Gasteiger partial charge in [0.2, 0.25) is 0 Å². The van der Waals surface area contributed by atoms with E-state index >= 15 is 0 Å². The molecule has 186 valence electrons.